The lowest BCUT2D eigenvalue weighted by Crippen LogP contribution is -2.39. The van der Waals surface area contributed by atoms with Crippen molar-refractivity contribution in [3.8, 4) is 0 Å². The molecular weight excluding hydrogens is 354 g/mol. The summed E-state index contributed by atoms with van der Waals surface area (Å²) in [4.78, 5) is 30.3. The number of nitrogens with one attached hydrogen (secondary N) is 2. The Morgan fingerprint density at radius 2 is 1.93 bits per heavy atom. The van der Waals surface area contributed by atoms with E-state index in [2.05, 4.69) is 17.2 Å². The van der Waals surface area contributed by atoms with Crippen molar-refractivity contribution in [2.75, 3.05) is 13.1 Å². The number of likely N-dealkylation sites (tertiary alicyclic amines) is 1. The smallest absolute Gasteiger partial charge is 0.410 e. The molecule has 0 aliphatic carbocycles. The van der Waals surface area contributed by atoms with Gasteiger partial charge in [0.2, 0.25) is 0 Å². The molecule has 2 heterocycles. The molecule has 6 nitrogen and oxygen atoms in total. The molecule has 2 N–H and O–H groups in total. The van der Waals surface area contributed by atoms with Crippen LogP contribution in [0.5, 0.6) is 0 Å². The first-order valence-electron chi connectivity index (χ1n) is 10.0. The number of benzene rings is 1. The highest BCUT2D eigenvalue weighted by Crippen LogP contribution is 2.24. The van der Waals surface area contributed by atoms with Crippen LogP contribution in [0.4, 0.5) is 4.79 Å². The first-order valence-corrected chi connectivity index (χ1v) is 10.0. The van der Waals surface area contributed by atoms with Gasteiger partial charge in [0.05, 0.1) is 11.1 Å². The van der Waals surface area contributed by atoms with E-state index in [0.29, 0.717) is 18.7 Å². The quantitative estimate of drug-likeness (QED) is 0.809. The number of H-pyrrole nitrogens is 1. The molecule has 1 aliphatic rings. The molecule has 0 radical (unpaired) electrons. The molecule has 1 aromatic heterocycles. The van der Waals surface area contributed by atoms with Gasteiger partial charge in [-0.1, -0.05) is 12.1 Å². The number of amides is 2. The van der Waals surface area contributed by atoms with E-state index < -0.39 is 5.60 Å². The zero-order valence-corrected chi connectivity index (χ0v) is 17.5. The number of hydrogen-bond acceptors (Lipinski definition) is 3. The van der Waals surface area contributed by atoms with Crippen molar-refractivity contribution in [1.82, 2.24) is 15.2 Å². The second-order valence-corrected chi connectivity index (χ2v) is 8.67. The zero-order valence-electron chi connectivity index (χ0n) is 17.5. The molecule has 0 unspecified atom stereocenters. The lowest BCUT2D eigenvalue weighted by atomic mass is 10.1. The van der Waals surface area contributed by atoms with Gasteiger partial charge in [-0.05, 0) is 65.5 Å². The standard InChI is InChI=1S/C22H31N3O3/c1-14-15(2)23-19-17(14)9-6-10-18(19)20(26)24-16-8-7-12-25(13-11-16)21(27)28-22(3,4)5/h6,9-10,16,23H,7-8,11-13H2,1-5H3,(H,24,26)/t16-/m1/s1. The fraction of sp³-hybridized carbons (Fsp3) is 0.545. The average Bonchev–Trinajstić information content (AvgIpc) is 2.78. The monoisotopic (exact) mass is 385 g/mol. The molecular formula is C22H31N3O3. The van der Waals surface area contributed by atoms with Crippen molar-refractivity contribution in [2.24, 2.45) is 0 Å². The lowest BCUT2D eigenvalue weighted by Gasteiger charge is -2.26. The summed E-state index contributed by atoms with van der Waals surface area (Å²) in [6.07, 6.45) is 2.14. The topological polar surface area (TPSA) is 74.4 Å². The molecule has 1 saturated heterocycles. The number of aromatic amines is 1. The van der Waals surface area contributed by atoms with Gasteiger partial charge in [0, 0.05) is 30.2 Å². The van der Waals surface area contributed by atoms with Gasteiger partial charge < -0.3 is 19.9 Å². The Kier molecular flexibility index (Phi) is 5.68. The van der Waals surface area contributed by atoms with Gasteiger partial charge in [-0.25, -0.2) is 4.79 Å². The van der Waals surface area contributed by atoms with Crippen LogP contribution in [0.25, 0.3) is 10.9 Å². The number of fused-ring (bicyclic) bond motifs is 1. The van der Waals surface area contributed by atoms with E-state index in [-0.39, 0.29) is 18.0 Å². The van der Waals surface area contributed by atoms with Crippen molar-refractivity contribution < 1.29 is 14.3 Å². The Bertz CT molecular complexity index is 879. The van der Waals surface area contributed by atoms with E-state index in [1.165, 1.54) is 5.56 Å². The zero-order chi connectivity index (χ0) is 20.5. The summed E-state index contributed by atoms with van der Waals surface area (Å²) in [7, 11) is 0. The summed E-state index contributed by atoms with van der Waals surface area (Å²) >= 11 is 0. The van der Waals surface area contributed by atoms with Crippen LogP contribution >= 0.6 is 0 Å². The van der Waals surface area contributed by atoms with Gasteiger partial charge in [-0.3, -0.25) is 4.79 Å². The number of para-hydroxylation sites is 1. The normalized spacial score (nSPS) is 18.0. The highest BCUT2D eigenvalue weighted by Gasteiger charge is 2.26. The van der Waals surface area contributed by atoms with E-state index in [1.54, 1.807) is 4.90 Å². The van der Waals surface area contributed by atoms with E-state index in [4.69, 9.17) is 4.74 Å². The van der Waals surface area contributed by atoms with Crippen LogP contribution in [0.15, 0.2) is 18.2 Å². The number of aromatic nitrogens is 1. The van der Waals surface area contributed by atoms with Crippen molar-refractivity contribution in [3.05, 3.63) is 35.0 Å². The number of hydrogen-bond donors (Lipinski definition) is 2. The molecule has 1 aromatic carbocycles. The fourth-order valence-corrected chi connectivity index (χ4v) is 3.68. The van der Waals surface area contributed by atoms with E-state index in [0.717, 1.165) is 35.9 Å². The molecule has 2 amide bonds. The van der Waals surface area contributed by atoms with Crippen molar-refractivity contribution >= 4 is 22.9 Å². The van der Waals surface area contributed by atoms with Crippen LogP contribution in [0.2, 0.25) is 0 Å². The minimum absolute atomic E-state index is 0.0485. The molecule has 1 atom stereocenters. The average molecular weight is 386 g/mol. The number of carbonyl (C=O) groups excluding carboxylic acids is 2. The van der Waals surface area contributed by atoms with E-state index in [9.17, 15) is 9.59 Å². The number of nitrogens with zero attached hydrogens (tertiary/aromatic N) is 1. The number of rotatable bonds is 2. The molecule has 28 heavy (non-hydrogen) atoms. The van der Waals surface area contributed by atoms with Gasteiger partial charge in [-0.15, -0.1) is 0 Å². The Morgan fingerprint density at radius 1 is 1.18 bits per heavy atom. The summed E-state index contributed by atoms with van der Waals surface area (Å²) in [5, 5.41) is 4.25. The third-order valence-corrected chi connectivity index (χ3v) is 5.30. The minimum atomic E-state index is -0.498. The number of carbonyl (C=O) groups is 2. The highest BCUT2D eigenvalue weighted by molar-refractivity contribution is 6.06. The lowest BCUT2D eigenvalue weighted by molar-refractivity contribution is 0.0256. The van der Waals surface area contributed by atoms with Gasteiger partial charge in [0.1, 0.15) is 5.60 Å². The molecule has 0 saturated carbocycles. The van der Waals surface area contributed by atoms with Crippen molar-refractivity contribution in [1.29, 1.82) is 0 Å². The largest absolute Gasteiger partial charge is 0.444 e. The van der Waals surface area contributed by atoms with Crippen LogP contribution in [-0.4, -0.2) is 46.6 Å². The molecule has 2 aromatic rings. The molecule has 6 heteroatoms. The molecule has 0 spiro atoms. The SMILES string of the molecule is Cc1[nH]c2c(C(=O)N[C@@H]3CCCN(C(=O)OC(C)(C)C)CC3)cccc2c1C. The third kappa shape index (κ3) is 4.49. The maximum Gasteiger partial charge on any atom is 0.410 e. The van der Waals surface area contributed by atoms with Crippen molar-refractivity contribution in [3.63, 3.8) is 0 Å². The van der Waals surface area contributed by atoms with E-state index in [1.807, 2.05) is 45.9 Å². The third-order valence-electron chi connectivity index (χ3n) is 5.30. The first-order chi connectivity index (χ1) is 13.2. The van der Waals surface area contributed by atoms with Gasteiger partial charge in [-0.2, -0.15) is 0 Å². The summed E-state index contributed by atoms with van der Waals surface area (Å²) in [5.74, 6) is -0.0671. The van der Waals surface area contributed by atoms with Gasteiger partial charge >= 0.3 is 6.09 Å². The van der Waals surface area contributed by atoms with Crippen molar-refractivity contribution in [2.45, 2.75) is 65.5 Å². The van der Waals surface area contributed by atoms with Crippen LogP contribution < -0.4 is 5.32 Å². The summed E-state index contributed by atoms with van der Waals surface area (Å²) in [5.41, 5.74) is 3.31. The molecule has 3 rings (SSSR count). The minimum Gasteiger partial charge on any atom is -0.444 e. The molecule has 1 fully saturated rings. The Morgan fingerprint density at radius 3 is 2.64 bits per heavy atom. The number of aryl methyl sites for hydroxylation is 2. The summed E-state index contributed by atoms with van der Waals surface area (Å²) < 4.78 is 5.48. The second-order valence-electron chi connectivity index (χ2n) is 8.67. The highest BCUT2D eigenvalue weighted by atomic mass is 16.6. The van der Waals surface area contributed by atoms with Gasteiger partial charge in [0.15, 0.2) is 0 Å². The molecule has 1 aliphatic heterocycles. The summed E-state index contributed by atoms with van der Waals surface area (Å²) in [6.45, 7) is 10.9. The van der Waals surface area contributed by atoms with Crippen LogP contribution in [0, 0.1) is 13.8 Å². The Labute approximate surface area is 166 Å². The van der Waals surface area contributed by atoms with Crippen LogP contribution in [0.3, 0.4) is 0 Å². The fourth-order valence-electron chi connectivity index (χ4n) is 3.68. The Hall–Kier alpha value is -2.50. The van der Waals surface area contributed by atoms with Crippen LogP contribution in [-0.2, 0) is 4.74 Å². The predicted molar refractivity (Wildman–Crippen MR) is 111 cm³/mol. The van der Waals surface area contributed by atoms with Gasteiger partial charge in [0.25, 0.3) is 5.91 Å². The predicted octanol–water partition coefficient (Wildman–Crippen LogP) is 4.30. The molecule has 152 valence electrons. The second kappa shape index (κ2) is 7.86. The number of ether oxygens (including phenoxy) is 1. The first kappa shape index (κ1) is 20.2. The maximum atomic E-state index is 12.9. The maximum absolute atomic E-state index is 12.9. The molecule has 0 bridgehead atoms. The van der Waals surface area contributed by atoms with Crippen LogP contribution in [0.1, 0.15) is 61.6 Å². The Balaban J connectivity index is 1.66. The van der Waals surface area contributed by atoms with E-state index >= 15 is 0 Å². The summed E-state index contributed by atoms with van der Waals surface area (Å²) in [6, 6.07) is 5.87.